The molecule has 0 radical (unpaired) electrons. The number of carbonyl (C=O) groups is 4. The zero-order valence-corrected chi connectivity index (χ0v) is 19.7. The maximum absolute atomic E-state index is 13.8. The van der Waals surface area contributed by atoms with Crippen LogP contribution in [0.1, 0.15) is 42.7 Å². The van der Waals surface area contributed by atoms with Crippen molar-refractivity contribution in [2.45, 2.75) is 32.4 Å². The zero-order valence-electron chi connectivity index (χ0n) is 19.7. The Morgan fingerprint density at radius 2 is 1.60 bits per heavy atom. The molecule has 2 aliphatic heterocycles. The highest BCUT2D eigenvalue weighted by molar-refractivity contribution is 6.24. The van der Waals surface area contributed by atoms with Crippen molar-refractivity contribution < 1.29 is 24.3 Å². The largest absolute Gasteiger partial charge is 0.480 e. The third-order valence-corrected chi connectivity index (χ3v) is 7.52. The number of nitrogens with zero attached hydrogens (tertiary/aromatic N) is 1. The Morgan fingerprint density at radius 3 is 2.20 bits per heavy atom. The smallest absolute Gasteiger partial charge is 0.325 e. The molecule has 2 heterocycles. The SMILES string of the molecule is CC(=O)c1ccc(N2C(=O)C3C(c4ccc5ccccc5c4)NC(C(=O)O)(C(C)C)C3C2=O)cc1. The minimum absolute atomic E-state index is 0.127. The summed E-state index contributed by atoms with van der Waals surface area (Å²) in [6.07, 6.45) is 0. The van der Waals surface area contributed by atoms with Crippen LogP contribution in [0.5, 0.6) is 0 Å². The first-order valence-electron chi connectivity index (χ1n) is 11.7. The number of nitrogens with one attached hydrogen (secondary N) is 1. The molecule has 2 N–H and O–H groups in total. The highest BCUT2D eigenvalue weighted by Gasteiger charge is 2.69. The van der Waals surface area contributed by atoms with E-state index < -0.39 is 47.1 Å². The van der Waals surface area contributed by atoms with Gasteiger partial charge in [-0.05, 0) is 59.5 Å². The van der Waals surface area contributed by atoms with Crippen LogP contribution in [0, 0.1) is 17.8 Å². The fourth-order valence-electron chi connectivity index (χ4n) is 5.70. The number of hydrogen-bond donors (Lipinski definition) is 2. The number of anilines is 1. The molecule has 3 aromatic rings. The maximum Gasteiger partial charge on any atom is 0.325 e. The number of aliphatic carboxylic acids is 1. The lowest BCUT2D eigenvalue weighted by Crippen LogP contribution is -2.59. The van der Waals surface area contributed by atoms with Gasteiger partial charge in [-0.15, -0.1) is 0 Å². The van der Waals surface area contributed by atoms with Gasteiger partial charge in [0.25, 0.3) is 0 Å². The molecule has 3 aromatic carbocycles. The van der Waals surface area contributed by atoms with Crippen LogP contribution in [0.15, 0.2) is 66.7 Å². The minimum atomic E-state index is -1.61. The zero-order chi connectivity index (χ0) is 25.1. The second-order valence-electron chi connectivity index (χ2n) is 9.68. The van der Waals surface area contributed by atoms with Crippen LogP contribution in [0.3, 0.4) is 0 Å². The topological polar surface area (TPSA) is 104 Å². The highest BCUT2D eigenvalue weighted by Crippen LogP contribution is 2.52. The number of carboxylic acids is 1. The Bertz CT molecular complexity index is 1380. The summed E-state index contributed by atoms with van der Waals surface area (Å²) in [5.74, 6) is -4.67. The average molecular weight is 471 g/mol. The summed E-state index contributed by atoms with van der Waals surface area (Å²) in [6.45, 7) is 4.95. The van der Waals surface area contributed by atoms with E-state index in [0.29, 0.717) is 11.3 Å². The molecule has 0 spiro atoms. The van der Waals surface area contributed by atoms with Crippen molar-refractivity contribution in [1.29, 1.82) is 0 Å². The van der Waals surface area contributed by atoms with Crippen molar-refractivity contribution in [3.8, 4) is 0 Å². The molecule has 2 aliphatic rings. The quantitative estimate of drug-likeness (QED) is 0.432. The average Bonchev–Trinajstić information content (AvgIpc) is 3.33. The van der Waals surface area contributed by atoms with Crippen LogP contribution in [0.2, 0.25) is 0 Å². The van der Waals surface area contributed by atoms with Gasteiger partial charge in [-0.2, -0.15) is 0 Å². The summed E-state index contributed by atoms with van der Waals surface area (Å²) in [7, 11) is 0. The van der Waals surface area contributed by atoms with Gasteiger partial charge in [-0.3, -0.25) is 24.5 Å². The van der Waals surface area contributed by atoms with Crippen LogP contribution < -0.4 is 10.2 Å². The Balaban J connectivity index is 1.64. The van der Waals surface area contributed by atoms with Gasteiger partial charge in [0.2, 0.25) is 11.8 Å². The van der Waals surface area contributed by atoms with Crippen molar-refractivity contribution in [3.05, 3.63) is 77.9 Å². The molecule has 0 bridgehead atoms. The van der Waals surface area contributed by atoms with Crippen LogP contribution in [-0.4, -0.2) is 34.2 Å². The van der Waals surface area contributed by atoms with Gasteiger partial charge >= 0.3 is 5.97 Å². The van der Waals surface area contributed by atoms with Crippen LogP contribution >= 0.6 is 0 Å². The van der Waals surface area contributed by atoms with Crippen LogP contribution in [0.25, 0.3) is 10.8 Å². The van der Waals surface area contributed by atoms with E-state index in [9.17, 15) is 24.3 Å². The Morgan fingerprint density at radius 1 is 0.943 bits per heavy atom. The molecule has 0 aromatic heterocycles. The number of ketones is 1. The Labute approximate surface area is 202 Å². The van der Waals surface area contributed by atoms with Gasteiger partial charge in [0.1, 0.15) is 5.54 Å². The molecule has 0 saturated carbocycles. The van der Waals surface area contributed by atoms with E-state index >= 15 is 0 Å². The molecule has 35 heavy (non-hydrogen) atoms. The van der Waals surface area contributed by atoms with Crippen molar-refractivity contribution in [1.82, 2.24) is 5.32 Å². The first-order valence-corrected chi connectivity index (χ1v) is 11.7. The van der Waals surface area contributed by atoms with E-state index in [0.717, 1.165) is 21.2 Å². The monoisotopic (exact) mass is 470 g/mol. The van der Waals surface area contributed by atoms with Crippen LogP contribution in [-0.2, 0) is 14.4 Å². The van der Waals surface area contributed by atoms with E-state index in [1.165, 1.54) is 6.92 Å². The van der Waals surface area contributed by atoms with Crippen molar-refractivity contribution in [2.24, 2.45) is 17.8 Å². The molecule has 2 saturated heterocycles. The van der Waals surface area contributed by atoms with Crippen molar-refractivity contribution >= 4 is 40.0 Å². The number of rotatable bonds is 5. The number of amides is 2. The number of carboxylic acid groups (broad SMARTS) is 1. The predicted octanol–water partition coefficient (Wildman–Crippen LogP) is 3.97. The summed E-state index contributed by atoms with van der Waals surface area (Å²) in [4.78, 5) is 53.1. The summed E-state index contributed by atoms with van der Waals surface area (Å²) in [5, 5.41) is 15.6. The van der Waals surface area contributed by atoms with Gasteiger partial charge in [0.15, 0.2) is 5.78 Å². The van der Waals surface area contributed by atoms with Gasteiger partial charge < -0.3 is 5.11 Å². The number of carbonyl (C=O) groups excluding carboxylic acids is 3. The lowest BCUT2D eigenvalue weighted by molar-refractivity contribution is -0.151. The lowest BCUT2D eigenvalue weighted by atomic mass is 9.73. The number of fused-ring (bicyclic) bond motifs is 2. The summed E-state index contributed by atoms with van der Waals surface area (Å²) >= 11 is 0. The van der Waals surface area contributed by atoms with Gasteiger partial charge in [-0.1, -0.05) is 50.2 Å². The Kier molecular flexibility index (Phi) is 5.33. The molecular weight excluding hydrogens is 444 g/mol. The summed E-state index contributed by atoms with van der Waals surface area (Å²) < 4.78 is 0. The first-order chi connectivity index (χ1) is 16.7. The van der Waals surface area contributed by atoms with Gasteiger partial charge in [0.05, 0.1) is 17.5 Å². The number of hydrogen-bond acceptors (Lipinski definition) is 5. The van der Waals surface area contributed by atoms with E-state index in [4.69, 9.17) is 0 Å². The molecule has 2 fully saturated rings. The lowest BCUT2D eigenvalue weighted by Gasteiger charge is -2.34. The molecule has 4 atom stereocenters. The molecule has 7 nitrogen and oxygen atoms in total. The second kappa shape index (κ2) is 8.13. The third kappa shape index (κ3) is 3.30. The van der Waals surface area contributed by atoms with Gasteiger partial charge in [-0.25, -0.2) is 4.90 Å². The number of imide groups is 1. The molecule has 0 aliphatic carbocycles. The van der Waals surface area contributed by atoms with Crippen LogP contribution in [0.4, 0.5) is 5.69 Å². The van der Waals surface area contributed by atoms with E-state index in [-0.39, 0.29) is 5.78 Å². The predicted molar refractivity (Wildman–Crippen MR) is 131 cm³/mol. The van der Waals surface area contributed by atoms with Gasteiger partial charge in [0, 0.05) is 11.6 Å². The number of Topliss-reactive ketones (excluding diaryl/α,β-unsaturated/α-hetero) is 1. The number of benzene rings is 3. The second-order valence-corrected chi connectivity index (χ2v) is 9.68. The fourth-order valence-corrected chi connectivity index (χ4v) is 5.70. The van der Waals surface area contributed by atoms with Crippen molar-refractivity contribution in [3.63, 3.8) is 0 Å². The van der Waals surface area contributed by atoms with E-state index in [1.807, 2.05) is 42.5 Å². The molecule has 2 amide bonds. The molecular formula is C28H26N2O5. The highest BCUT2D eigenvalue weighted by atomic mass is 16.4. The normalized spacial score (nSPS) is 25.9. The Hall–Kier alpha value is -3.84. The third-order valence-electron chi connectivity index (χ3n) is 7.52. The molecule has 5 rings (SSSR count). The summed E-state index contributed by atoms with van der Waals surface area (Å²) in [5.41, 5.74) is -0.0511. The first kappa shape index (κ1) is 22.9. The van der Waals surface area contributed by atoms with Crippen molar-refractivity contribution in [2.75, 3.05) is 4.90 Å². The summed E-state index contributed by atoms with van der Waals surface area (Å²) in [6, 6.07) is 19.2. The standard InChI is InChI=1S/C28H26N2O5/c1-15(2)28(27(34)35)23-22(24(29-28)20-9-8-18-6-4-5-7-19(18)14-20)25(32)30(26(23)33)21-12-10-17(11-13-21)16(3)31/h4-15,22-24,29H,1-3H3,(H,34,35). The van der Waals surface area contributed by atoms with E-state index in [1.54, 1.807) is 38.1 Å². The minimum Gasteiger partial charge on any atom is -0.480 e. The fraction of sp³-hybridized carbons (Fsp3) is 0.286. The molecule has 178 valence electrons. The molecule has 7 heteroatoms. The van der Waals surface area contributed by atoms with E-state index in [2.05, 4.69) is 5.32 Å². The maximum atomic E-state index is 13.8. The molecule has 4 unspecified atom stereocenters.